The number of carboxylic acids is 1. The fraction of sp³-hybridized carbons (Fsp3) is 0.381. The van der Waals surface area contributed by atoms with Gasteiger partial charge >= 0.3 is 5.97 Å². The number of hydrogen-bond acceptors (Lipinski definition) is 6. The van der Waals surface area contributed by atoms with Crippen LogP contribution < -0.4 is 14.8 Å². The van der Waals surface area contributed by atoms with Gasteiger partial charge in [-0.15, -0.1) is 0 Å². The first kappa shape index (κ1) is 21.7. The average Bonchev–Trinajstić information content (AvgIpc) is 2.73. The highest BCUT2D eigenvalue weighted by Crippen LogP contribution is 2.34. The first-order valence-electron chi connectivity index (χ1n) is 9.15. The van der Waals surface area contributed by atoms with E-state index in [0.717, 1.165) is 30.0 Å². The first-order chi connectivity index (χ1) is 13.5. The number of carboxylic acid groups (broad SMARTS) is 1. The molecule has 28 heavy (non-hydrogen) atoms. The molecule has 2 aromatic rings. The van der Waals surface area contributed by atoms with Crippen LogP contribution >= 0.6 is 0 Å². The van der Waals surface area contributed by atoms with Gasteiger partial charge in [-0.2, -0.15) is 0 Å². The molecule has 0 aliphatic carbocycles. The van der Waals surface area contributed by atoms with Crippen molar-refractivity contribution < 1.29 is 29.6 Å². The van der Waals surface area contributed by atoms with E-state index in [1.807, 2.05) is 18.2 Å². The number of aliphatic carboxylic acids is 1. The molecule has 0 radical (unpaired) electrons. The lowest BCUT2D eigenvalue weighted by molar-refractivity contribution is -0.146. The zero-order valence-electron chi connectivity index (χ0n) is 16.0. The van der Waals surface area contributed by atoms with Crippen molar-refractivity contribution in [3.63, 3.8) is 0 Å². The number of nitrogens with one attached hydrogen (secondary N) is 1. The number of benzene rings is 2. The largest absolute Gasteiger partial charge is 0.497 e. The van der Waals surface area contributed by atoms with E-state index in [1.54, 1.807) is 37.4 Å². The molecule has 4 N–H and O–H groups in total. The second-order valence-electron chi connectivity index (χ2n) is 6.37. The number of aliphatic hydroxyl groups excluding tert-OH is 2. The second-order valence-corrected chi connectivity index (χ2v) is 6.37. The van der Waals surface area contributed by atoms with Crippen molar-refractivity contribution in [2.24, 2.45) is 0 Å². The van der Waals surface area contributed by atoms with Crippen LogP contribution in [-0.2, 0) is 4.79 Å². The van der Waals surface area contributed by atoms with Crippen LogP contribution in [0.3, 0.4) is 0 Å². The van der Waals surface area contributed by atoms with Crippen LogP contribution in [0.25, 0.3) is 0 Å². The van der Waals surface area contributed by atoms with Crippen molar-refractivity contribution in [1.29, 1.82) is 0 Å². The molecule has 152 valence electrons. The summed E-state index contributed by atoms with van der Waals surface area (Å²) in [4.78, 5) is 10.2. The summed E-state index contributed by atoms with van der Waals surface area (Å²) in [7, 11) is 1.62. The second kappa shape index (κ2) is 10.7. The van der Waals surface area contributed by atoms with Crippen LogP contribution in [0.4, 0.5) is 0 Å². The maximum absolute atomic E-state index is 10.3. The molecule has 0 saturated heterocycles. The van der Waals surface area contributed by atoms with Crippen molar-refractivity contribution in [3.8, 4) is 11.5 Å². The summed E-state index contributed by atoms with van der Waals surface area (Å²) in [5, 5.41) is 30.9. The molecular weight excluding hydrogens is 362 g/mol. The molecular formula is C21H27NO6. The number of carbonyl (C=O) groups is 1. The van der Waals surface area contributed by atoms with Gasteiger partial charge in [-0.3, -0.25) is 0 Å². The summed E-state index contributed by atoms with van der Waals surface area (Å²) in [6.45, 7) is 3.48. The number of aliphatic hydroxyl groups is 2. The smallest absolute Gasteiger partial charge is 0.337 e. The monoisotopic (exact) mass is 389 g/mol. The van der Waals surface area contributed by atoms with E-state index >= 15 is 0 Å². The van der Waals surface area contributed by atoms with Gasteiger partial charge < -0.3 is 30.1 Å². The third kappa shape index (κ3) is 5.69. The molecule has 0 amide bonds. The Kier molecular flexibility index (Phi) is 8.25. The molecule has 7 nitrogen and oxygen atoms in total. The molecule has 0 spiro atoms. The molecule has 1 aliphatic rings. The van der Waals surface area contributed by atoms with Gasteiger partial charge in [0.05, 0.1) is 13.2 Å². The molecule has 0 saturated carbocycles. The molecule has 3 rings (SSSR count). The van der Waals surface area contributed by atoms with Crippen LogP contribution in [0.15, 0.2) is 48.5 Å². The SMILES string of the molecule is CCCN[C@@H]1COc2ccc(OC)cc2[C@@H]1O.O=C(O)C(O)c1ccccc1. The van der Waals surface area contributed by atoms with E-state index < -0.39 is 18.2 Å². The molecule has 7 heteroatoms. The molecule has 0 fully saturated rings. The quantitative estimate of drug-likeness (QED) is 0.600. The minimum Gasteiger partial charge on any atom is -0.497 e. The predicted octanol–water partition coefficient (Wildman–Crippen LogP) is 2.29. The fourth-order valence-corrected chi connectivity index (χ4v) is 2.78. The zero-order valence-corrected chi connectivity index (χ0v) is 16.0. The third-order valence-corrected chi connectivity index (χ3v) is 4.34. The van der Waals surface area contributed by atoms with E-state index in [-0.39, 0.29) is 6.04 Å². The molecule has 0 aromatic heterocycles. The van der Waals surface area contributed by atoms with E-state index in [9.17, 15) is 9.90 Å². The average molecular weight is 389 g/mol. The van der Waals surface area contributed by atoms with Gasteiger partial charge in [0, 0.05) is 5.56 Å². The van der Waals surface area contributed by atoms with Crippen molar-refractivity contribution in [3.05, 3.63) is 59.7 Å². The number of hydrogen-bond donors (Lipinski definition) is 4. The summed E-state index contributed by atoms with van der Waals surface area (Å²) in [6.07, 6.45) is -0.912. The van der Waals surface area contributed by atoms with Crippen LogP contribution in [-0.4, -0.2) is 47.6 Å². The normalized spacial score (nSPS) is 18.7. The molecule has 0 bridgehead atoms. The number of ether oxygens (including phenoxy) is 2. The zero-order chi connectivity index (χ0) is 20.5. The van der Waals surface area contributed by atoms with Gasteiger partial charge in [-0.05, 0) is 36.7 Å². The summed E-state index contributed by atoms with van der Waals surface area (Å²) < 4.78 is 10.8. The van der Waals surface area contributed by atoms with E-state index in [2.05, 4.69) is 12.2 Å². The van der Waals surface area contributed by atoms with Crippen molar-refractivity contribution in [2.75, 3.05) is 20.3 Å². The number of methoxy groups -OCH3 is 1. The molecule has 2 aromatic carbocycles. The number of fused-ring (bicyclic) bond motifs is 1. The van der Waals surface area contributed by atoms with Gasteiger partial charge in [0.15, 0.2) is 6.10 Å². The summed E-state index contributed by atoms with van der Waals surface area (Å²) in [5.41, 5.74) is 1.20. The molecule has 1 aliphatic heterocycles. The van der Waals surface area contributed by atoms with Crippen molar-refractivity contribution >= 4 is 5.97 Å². The van der Waals surface area contributed by atoms with Crippen molar-refractivity contribution in [2.45, 2.75) is 31.6 Å². The maximum Gasteiger partial charge on any atom is 0.337 e. The van der Waals surface area contributed by atoms with Gasteiger partial charge in [-0.1, -0.05) is 37.3 Å². The number of rotatable bonds is 6. The van der Waals surface area contributed by atoms with E-state index in [4.69, 9.17) is 19.7 Å². The lowest BCUT2D eigenvalue weighted by atomic mass is 9.99. The Hall–Kier alpha value is -2.61. The predicted molar refractivity (Wildman–Crippen MR) is 105 cm³/mol. The highest BCUT2D eigenvalue weighted by molar-refractivity contribution is 5.73. The fourth-order valence-electron chi connectivity index (χ4n) is 2.78. The Morgan fingerprint density at radius 1 is 1.29 bits per heavy atom. The van der Waals surface area contributed by atoms with Gasteiger partial charge in [0.25, 0.3) is 0 Å². The molecule has 1 heterocycles. The molecule has 1 unspecified atom stereocenters. The summed E-state index contributed by atoms with van der Waals surface area (Å²) >= 11 is 0. The summed E-state index contributed by atoms with van der Waals surface area (Å²) in [5.74, 6) is 0.256. The molecule has 3 atom stereocenters. The van der Waals surface area contributed by atoms with Crippen LogP contribution in [0.1, 0.15) is 36.7 Å². The Morgan fingerprint density at radius 3 is 2.61 bits per heavy atom. The summed E-state index contributed by atoms with van der Waals surface area (Å²) in [6, 6.07) is 13.7. The van der Waals surface area contributed by atoms with Crippen molar-refractivity contribution in [1.82, 2.24) is 5.32 Å². The maximum atomic E-state index is 10.3. The van der Waals surface area contributed by atoms with Crippen LogP contribution in [0.5, 0.6) is 11.5 Å². The Bertz CT molecular complexity index is 752. The standard InChI is InChI=1S/C13H19NO3.C8H8O3/c1-3-6-14-11-8-17-12-5-4-9(16-2)7-10(12)13(11)15;9-7(8(10)11)6-4-2-1-3-5-6/h4-5,7,11,13-15H,3,6,8H2,1-2H3;1-5,7,9H,(H,10,11)/t11-,13+;/m1./s1. The van der Waals surface area contributed by atoms with Crippen LogP contribution in [0.2, 0.25) is 0 Å². The minimum atomic E-state index is -1.41. The lowest BCUT2D eigenvalue weighted by Gasteiger charge is -2.31. The van der Waals surface area contributed by atoms with E-state index in [0.29, 0.717) is 12.2 Å². The van der Waals surface area contributed by atoms with E-state index in [1.165, 1.54) is 0 Å². The van der Waals surface area contributed by atoms with Gasteiger partial charge in [0.2, 0.25) is 0 Å². The third-order valence-electron chi connectivity index (χ3n) is 4.34. The van der Waals surface area contributed by atoms with Gasteiger partial charge in [-0.25, -0.2) is 4.79 Å². The first-order valence-corrected chi connectivity index (χ1v) is 9.15. The highest BCUT2D eigenvalue weighted by Gasteiger charge is 2.29. The Morgan fingerprint density at radius 2 is 2.00 bits per heavy atom. The lowest BCUT2D eigenvalue weighted by Crippen LogP contribution is -2.42. The topological polar surface area (TPSA) is 108 Å². The Labute approximate surface area is 164 Å². The van der Waals surface area contributed by atoms with Gasteiger partial charge in [0.1, 0.15) is 24.2 Å². The highest BCUT2D eigenvalue weighted by atomic mass is 16.5. The van der Waals surface area contributed by atoms with Crippen LogP contribution in [0, 0.1) is 0 Å². The minimum absolute atomic E-state index is 0.0467. The Balaban J connectivity index is 0.000000221.